The van der Waals surface area contributed by atoms with Crippen LogP contribution in [0.5, 0.6) is 5.75 Å². The normalized spacial score (nSPS) is 10.2. The summed E-state index contributed by atoms with van der Waals surface area (Å²) in [6, 6.07) is 9.76. The number of halogens is 2. The van der Waals surface area contributed by atoms with Gasteiger partial charge in [-0.2, -0.15) is 0 Å². The first-order chi connectivity index (χ1) is 9.51. The van der Waals surface area contributed by atoms with Crippen molar-refractivity contribution in [1.82, 2.24) is 0 Å². The minimum atomic E-state index is -0.361. The summed E-state index contributed by atoms with van der Waals surface area (Å²) in [6.07, 6.45) is 0. The maximum atomic E-state index is 12.2. The van der Waals surface area contributed by atoms with Crippen molar-refractivity contribution in [2.45, 2.75) is 0 Å². The zero-order valence-corrected chi connectivity index (χ0v) is 12.1. The van der Waals surface area contributed by atoms with Gasteiger partial charge in [0.2, 0.25) is 0 Å². The number of benzene rings is 2. The Balaban J connectivity index is 2.28. The van der Waals surface area contributed by atoms with Gasteiger partial charge in [-0.1, -0.05) is 29.3 Å². The van der Waals surface area contributed by atoms with Crippen molar-refractivity contribution in [3.05, 3.63) is 52.0 Å². The first kappa shape index (κ1) is 14.5. The molecule has 4 nitrogen and oxygen atoms in total. The number of anilines is 2. The quantitative estimate of drug-likeness (QED) is 0.847. The molecule has 2 rings (SSSR count). The molecule has 0 fully saturated rings. The predicted molar refractivity (Wildman–Crippen MR) is 81.8 cm³/mol. The molecule has 0 unspecified atom stereocenters. The lowest BCUT2D eigenvalue weighted by Crippen LogP contribution is -2.14. The molecule has 0 bridgehead atoms. The van der Waals surface area contributed by atoms with E-state index in [0.717, 1.165) is 0 Å². The molecule has 0 atom stereocenters. The molecule has 0 heterocycles. The van der Waals surface area contributed by atoms with Gasteiger partial charge < -0.3 is 15.8 Å². The Morgan fingerprint density at radius 1 is 1.20 bits per heavy atom. The lowest BCUT2D eigenvalue weighted by molar-refractivity contribution is 0.102. The SMILES string of the molecule is COc1cccc(C(=O)Nc2cc(Cl)cc(Cl)c2)c1N. The van der Waals surface area contributed by atoms with Crippen LogP contribution in [-0.2, 0) is 0 Å². The average molecular weight is 311 g/mol. The van der Waals surface area contributed by atoms with Crippen molar-refractivity contribution in [2.75, 3.05) is 18.2 Å². The second-order valence-electron chi connectivity index (χ2n) is 4.03. The molecule has 0 spiro atoms. The van der Waals surface area contributed by atoms with Crippen molar-refractivity contribution in [2.24, 2.45) is 0 Å². The van der Waals surface area contributed by atoms with Crippen LogP contribution in [0.2, 0.25) is 10.0 Å². The Kier molecular flexibility index (Phi) is 4.37. The van der Waals surface area contributed by atoms with Crippen molar-refractivity contribution in [3.8, 4) is 5.75 Å². The van der Waals surface area contributed by atoms with E-state index < -0.39 is 0 Å². The Bertz CT molecular complexity index is 639. The van der Waals surface area contributed by atoms with Crippen molar-refractivity contribution in [1.29, 1.82) is 0 Å². The molecule has 0 aliphatic heterocycles. The van der Waals surface area contributed by atoms with E-state index in [0.29, 0.717) is 27.0 Å². The zero-order chi connectivity index (χ0) is 14.7. The second kappa shape index (κ2) is 6.03. The fourth-order valence-electron chi connectivity index (χ4n) is 1.74. The third kappa shape index (κ3) is 3.15. The summed E-state index contributed by atoms with van der Waals surface area (Å²) in [6.45, 7) is 0. The second-order valence-corrected chi connectivity index (χ2v) is 4.91. The number of carbonyl (C=O) groups is 1. The van der Waals surface area contributed by atoms with Gasteiger partial charge in [0.1, 0.15) is 5.75 Å². The monoisotopic (exact) mass is 310 g/mol. The minimum absolute atomic E-state index is 0.278. The molecule has 0 aromatic heterocycles. The molecule has 0 saturated heterocycles. The standard InChI is InChI=1S/C14H12Cl2N2O2/c1-20-12-4-2-3-11(13(12)17)14(19)18-10-6-8(15)5-9(16)7-10/h2-7H,17H2,1H3,(H,18,19). The third-order valence-electron chi connectivity index (χ3n) is 2.65. The van der Waals surface area contributed by atoms with Gasteiger partial charge in [-0.05, 0) is 30.3 Å². The molecular weight excluding hydrogens is 299 g/mol. The fourth-order valence-corrected chi connectivity index (χ4v) is 2.27. The number of hydrogen-bond acceptors (Lipinski definition) is 3. The van der Waals surface area contributed by atoms with Gasteiger partial charge >= 0.3 is 0 Å². The number of hydrogen-bond donors (Lipinski definition) is 2. The van der Waals surface area contributed by atoms with E-state index in [1.54, 1.807) is 36.4 Å². The summed E-state index contributed by atoms with van der Waals surface area (Å²) in [4.78, 5) is 12.2. The number of carbonyl (C=O) groups excluding carboxylic acids is 1. The summed E-state index contributed by atoms with van der Waals surface area (Å²) in [7, 11) is 1.49. The number of ether oxygens (including phenoxy) is 1. The number of rotatable bonds is 3. The van der Waals surface area contributed by atoms with Crippen LogP contribution in [0.15, 0.2) is 36.4 Å². The van der Waals surface area contributed by atoms with Gasteiger partial charge in [0.05, 0.1) is 18.4 Å². The number of nitrogen functional groups attached to an aromatic ring is 1. The van der Waals surface area contributed by atoms with Gasteiger partial charge in [-0.25, -0.2) is 0 Å². The molecular formula is C14H12Cl2N2O2. The molecule has 104 valence electrons. The van der Waals surface area contributed by atoms with Gasteiger partial charge in [-0.3, -0.25) is 4.79 Å². The Morgan fingerprint density at radius 2 is 1.85 bits per heavy atom. The topological polar surface area (TPSA) is 64.3 Å². The lowest BCUT2D eigenvalue weighted by Gasteiger charge is -2.11. The Labute approximate surface area is 126 Å². The largest absolute Gasteiger partial charge is 0.495 e. The maximum absolute atomic E-state index is 12.2. The number of nitrogens with one attached hydrogen (secondary N) is 1. The van der Waals surface area contributed by atoms with E-state index >= 15 is 0 Å². The van der Waals surface area contributed by atoms with Crippen LogP contribution < -0.4 is 15.8 Å². The highest BCUT2D eigenvalue weighted by molar-refractivity contribution is 6.35. The predicted octanol–water partition coefficient (Wildman–Crippen LogP) is 3.84. The first-order valence-electron chi connectivity index (χ1n) is 5.71. The Morgan fingerprint density at radius 3 is 2.45 bits per heavy atom. The molecule has 6 heteroatoms. The van der Waals surface area contributed by atoms with Crippen molar-refractivity contribution in [3.63, 3.8) is 0 Å². The molecule has 2 aromatic carbocycles. The van der Waals surface area contributed by atoms with Crippen LogP contribution in [0.4, 0.5) is 11.4 Å². The fraction of sp³-hybridized carbons (Fsp3) is 0.0714. The number of methoxy groups -OCH3 is 1. The average Bonchev–Trinajstić information content (AvgIpc) is 2.37. The van der Waals surface area contributed by atoms with E-state index in [9.17, 15) is 4.79 Å². The summed E-state index contributed by atoms with van der Waals surface area (Å²) < 4.78 is 5.08. The van der Waals surface area contributed by atoms with E-state index in [1.807, 2.05) is 0 Å². The van der Waals surface area contributed by atoms with E-state index in [1.165, 1.54) is 7.11 Å². The maximum Gasteiger partial charge on any atom is 0.257 e. The zero-order valence-electron chi connectivity index (χ0n) is 10.6. The highest BCUT2D eigenvalue weighted by atomic mass is 35.5. The molecule has 0 aliphatic rings. The molecule has 3 N–H and O–H groups in total. The van der Waals surface area contributed by atoms with Crippen LogP contribution in [0.3, 0.4) is 0 Å². The molecule has 0 aliphatic carbocycles. The van der Waals surface area contributed by atoms with Crippen LogP contribution in [0.25, 0.3) is 0 Å². The summed E-state index contributed by atoms with van der Waals surface area (Å²) in [5, 5.41) is 3.56. The molecule has 0 saturated carbocycles. The van der Waals surface area contributed by atoms with E-state index in [4.69, 9.17) is 33.7 Å². The summed E-state index contributed by atoms with van der Waals surface area (Å²) in [5.41, 5.74) is 6.96. The smallest absolute Gasteiger partial charge is 0.257 e. The molecule has 1 amide bonds. The molecule has 20 heavy (non-hydrogen) atoms. The van der Waals surface area contributed by atoms with Crippen molar-refractivity contribution < 1.29 is 9.53 Å². The van der Waals surface area contributed by atoms with Crippen LogP contribution in [0.1, 0.15) is 10.4 Å². The van der Waals surface area contributed by atoms with E-state index in [-0.39, 0.29) is 11.6 Å². The lowest BCUT2D eigenvalue weighted by atomic mass is 10.1. The number of amides is 1. The minimum Gasteiger partial charge on any atom is -0.495 e. The van der Waals surface area contributed by atoms with Crippen LogP contribution >= 0.6 is 23.2 Å². The summed E-state index contributed by atoms with van der Waals surface area (Å²) >= 11 is 11.8. The van der Waals surface area contributed by atoms with Gasteiger partial charge in [0, 0.05) is 15.7 Å². The van der Waals surface area contributed by atoms with Gasteiger partial charge in [-0.15, -0.1) is 0 Å². The Hall–Kier alpha value is -1.91. The van der Waals surface area contributed by atoms with Crippen molar-refractivity contribution >= 4 is 40.5 Å². The first-order valence-corrected chi connectivity index (χ1v) is 6.47. The molecule has 0 radical (unpaired) electrons. The van der Waals surface area contributed by atoms with Gasteiger partial charge in [0.25, 0.3) is 5.91 Å². The number of nitrogens with two attached hydrogens (primary N) is 1. The molecule has 2 aromatic rings. The highest BCUT2D eigenvalue weighted by Gasteiger charge is 2.13. The third-order valence-corrected chi connectivity index (χ3v) is 3.09. The number of para-hydroxylation sites is 1. The summed E-state index contributed by atoms with van der Waals surface area (Å²) in [5.74, 6) is 0.0847. The van der Waals surface area contributed by atoms with Crippen LogP contribution in [0, 0.1) is 0 Å². The van der Waals surface area contributed by atoms with Gasteiger partial charge in [0.15, 0.2) is 0 Å². The highest BCUT2D eigenvalue weighted by Crippen LogP contribution is 2.27. The van der Waals surface area contributed by atoms with Crippen LogP contribution in [-0.4, -0.2) is 13.0 Å². The van der Waals surface area contributed by atoms with E-state index in [2.05, 4.69) is 5.32 Å².